The molecule has 0 aliphatic carbocycles. The molecule has 2 aliphatic rings. The van der Waals surface area contributed by atoms with Crippen LogP contribution in [0.1, 0.15) is 25.3 Å². The molecule has 190 valence electrons. The average molecular weight is 490 g/mol. The Labute approximate surface area is 212 Å². The minimum Gasteiger partial charge on any atom is -0.450 e. The van der Waals surface area contributed by atoms with Gasteiger partial charge >= 0.3 is 6.09 Å². The van der Waals surface area contributed by atoms with E-state index in [-0.39, 0.29) is 17.9 Å². The second kappa shape index (κ2) is 11.0. The van der Waals surface area contributed by atoms with Gasteiger partial charge in [-0.2, -0.15) is 0 Å². The van der Waals surface area contributed by atoms with Crippen LogP contribution in [-0.4, -0.2) is 77.2 Å². The summed E-state index contributed by atoms with van der Waals surface area (Å²) in [6.45, 7) is 6.90. The van der Waals surface area contributed by atoms with Crippen LogP contribution in [0.25, 0.3) is 11.0 Å². The van der Waals surface area contributed by atoms with E-state index >= 15 is 0 Å². The highest BCUT2D eigenvalue weighted by atomic mass is 16.6. The first-order valence-corrected chi connectivity index (χ1v) is 13.1. The van der Waals surface area contributed by atoms with E-state index in [1.54, 1.807) is 4.90 Å². The molecule has 2 aromatic carbocycles. The van der Waals surface area contributed by atoms with Gasteiger partial charge in [-0.1, -0.05) is 42.5 Å². The number of piperazine rings is 1. The third-order valence-electron chi connectivity index (χ3n) is 7.35. The number of benzene rings is 2. The van der Waals surface area contributed by atoms with Crippen LogP contribution in [0, 0.1) is 5.92 Å². The van der Waals surface area contributed by atoms with Gasteiger partial charge in [0, 0.05) is 51.7 Å². The highest BCUT2D eigenvalue weighted by Gasteiger charge is 2.32. The molecule has 0 radical (unpaired) electrons. The monoisotopic (exact) mass is 489 g/mol. The topological polar surface area (TPSA) is 70.9 Å². The molecule has 0 atom stereocenters. The second-order valence-corrected chi connectivity index (χ2v) is 9.56. The first-order chi connectivity index (χ1) is 17.6. The van der Waals surface area contributed by atoms with Gasteiger partial charge in [-0.15, -0.1) is 0 Å². The van der Waals surface area contributed by atoms with Crippen molar-refractivity contribution in [1.82, 2.24) is 19.4 Å². The molecule has 2 amide bonds. The lowest BCUT2D eigenvalue weighted by Crippen LogP contribution is -2.53. The Kier molecular flexibility index (Phi) is 7.39. The number of imidazole rings is 1. The van der Waals surface area contributed by atoms with Crippen LogP contribution in [0.3, 0.4) is 0 Å². The molecule has 3 aromatic rings. The van der Waals surface area contributed by atoms with Gasteiger partial charge in [0.2, 0.25) is 11.9 Å². The molecular formula is C28H35N5O3. The van der Waals surface area contributed by atoms with Gasteiger partial charge in [0.05, 0.1) is 17.6 Å². The molecule has 3 heterocycles. The van der Waals surface area contributed by atoms with E-state index in [1.165, 1.54) is 5.56 Å². The fourth-order valence-corrected chi connectivity index (χ4v) is 5.32. The van der Waals surface area contributed by atoms with Crippen LogP contribution in [-0.2, 0) is 22.5 Å². The largest absolute Gasteiger partial charge is 0.450 e. The number of carbonyl (C=O) groups excluding carboxylic acids is 2. The second-order valence-electron chi connectivity index (χ2n) is 9.56. The van der Waals surface area contributed by atoms with Gasteiger partial charge in [-0.25, -0.2) is 9.78 Å². The van der Waals surface area contributed by atoms with Crippen LogP contribution in [0.15, 0.2) is 54.6 Å². The smallest absolute Gasteiger partial charge is 0.409 e. The SMILES string of the molecule is CCOC(=O)N1CCN(C(=O)C2CCN(c3nc4ccccc4n3CCc3ccccc3)CC2)CC1. The third-order valence-corrected chi connectivity index (χ3v) is 7.35. The molecule has 2 aliphatic heterocycles. The molecule has 0 unspecified atom stereocenters. The maximum Gasteiger partial charge on any atom is 0.409 e. The van der Waals surface area contributed by atoms with Crippen LogP contribution in [0.5, 0.6) is 0 Å². The zero-order chi connectivity index (χ0) is 24.9. The summed E-state index contributed by atoms with van der Waals surface area (Å²) in [5, 5.41) is 0. The molecule has 8 heteroatoms. The normalized spacial score (nSPS) is 17.0. The lowest BCUT2D eigenvalue weighted by molar-refractivity contribution is -0.137. The van der Waals surface area contributed by atoms with Crippen molar-refractivity contribution in [2.45, 2.75) is 32.7 Å². The molecule has 2 fully saturated rings. The predicted octanol–water partition coefficient (Wildman–Crippen LogP) is 3.80. The van der Waals surface area contributed by atoms with E-state index in [9.17, 15) is 9.59 Å². The number of para-hydroxylation sites is 2. The molecule has 1 aromatic heterocycles. The number of fused-ring (bicyclic) bond motifs is 1. The van der Waals surface area contributed by atoms with Crippen molar-refractivity contribution >= 4 is 29.0 Å². The third kappa shape index (κ3) is 5.17. The summed E-state index contributed by atoms with van der Waals surface area (Å²) in [7, 11) is 0. The minimum atomic E-state index is -0.284. The fourth-order valence-electron chi connectivity index (χ4n) is 5.32. The number of aromatic nitrogens is 2. The molecule has 36 heavy (non-hydrogen) atoms. The lowest BCUT2D eigenvalue weighted by atomic mass is 9.95. The van der Waals surface area contributed by atoms with Crippen LogP contribution < -0.4 is 4.90 Å². The molecule has 5 rings (SSSR count). The number of hydrogen-bond acceptors (Lipinski definition) is 5. The Bertz CT molecular complexity index is 1180. The number of aryl methyl sites for hydroxylation is 2. The number of ether oxygens (including phenoxy) is 1. The number of nitrogens with zero attached hydrogens (tertiary/aromatic N) is 5. The molecule has 0 N–H and O–H groups in total. The molecule has 0 bridgehead atoms. The van der Waals surface area contributed by atoms with Crippen molar-refractivity contribution in [3.05, 3.63) is 60.2 Å². The van der Waals surface area contributed by atoms with Crippen molar-refractivity contribution in [1.29, 1.82) is 0 Å². The molecule has 2 saturated heterocycles. The summed E-state index contributed by atoms with van der Waals surface area (Å²) in [5.41, 5.74) is 3.48. The summed E-state index contributed by atoms with van der Waals surface area (Å²) in [6, 6.07) is 18.9. The number of piperidine rings is 1. The number of hydrogen-bond donors (Lipinski definition) is 0. The number of anilines is 1. The summed E-state index contributed by atoms with van der Waals surface area (Å²) in [4.78, 5) is 36.1. The van der Waals surface area contributed by atoms with E-state index in [2.05, 4.69) is 51.9 Å². The van der Waals surface area contributed by atoms with Crippen molar-refractivity contribution in [2.75, 3.05) is 50.8 Å². The summed E-state index contributed by atoms with van der Waals surface area (Å²) in [5.74, 6) is 1.24. The van der Waals surface area contributed by atoms with Crippen LogP contribution in [0.2, 0.25) is 0 Å². The zero-order valence-corrected chi connectivity index (χ0v) is 21.0. The van der Waals surface area contributed by atoms with E-state index < -0.39 is 0 Å². The van der Waals surface area contributed by atoms with Crippen LogP contribution >= 0.6 is 0 Å². The minimum absolute atomic E-state index is 0.0255. The van der Waals surface area contributed by atoms with Crippen molar-refractivity contribution in [2.24, 2.45) is 5.92 Å². The van der Waals surface area contributed by atoms with E-state index in [0.717, 1.165) is 55.9 Å². The molecule has 0 spiro atoms. The molecule has 8 nitrogen and oxygen atoms in total. The van der Waals surface area contributed by atoms with Gasteiger partial charge in [-0.3, -0.25) is 4.79 Å². The quantitative estimate of drug-likeness (QED) is 0.527. The molecular weight excluding hydrogens is 454 g/mol. The standard InChI is InChI=1S/C28H35N5O3/c1-2-36-28(35)32-20-18-30(19-21-32)26(34)23-13-15-31(16-14-23)27-29-24-10-6-7-11-25(24)33(27)17-12-22-8-4-3-5-9-22/h3-11,23H,2,12-21H2,1H3. The molecule has 0 saturated carbocycles. The van der Waals surface area contributed by atoms with Gasteiger partial charge in [0.1, 0.15) is 0 Å². The van der Waals surface area contributed by atoms with Gasteiger partial charge < -0.3 is 24.0 Å². The Balaban J connectivity index is 1.22. The van der Waals surface area contributed by atoms with Crippen molar-refractivity contribution in [3.63, 3.8) is 0 Å². The Hall–Kier alpha value is -3.55. The van der Waals surface area contributed by atoms with Gasteiger partial charge in [0.25, 0.3) is 0 Å². The summed E-state index contributed by atoms with van der Waals surface area (Å²) >= 11 is 0. The Morgan fingerprint density at radius 1 is 0.889 bits per heavy atom. The highest BCUT2D eigenvalue weighted by Crippen LogP contribution is 2.28. The maximum absolute atomic E-state index is 13.2. The lowest BCUT2D eigenvalue weighted by Gasteiger charge is -2.38. The Morgan fingerprint density at radius 2 is 1.56 bits per heavy atom. The number of carbonyl (C=O) groups is 2. The van der Waals surface area contributed by atoms with Gasteiger partial charge in [0.15, 0.2) is 0 Å². The predicted molar refractivity (Wildman–Crippen MR) is 140 cm³/mol. The maximum atomic E-state index is 13.2. The fraction of sp³-hybridized carbons (Fsp3) is 0.464. The number of rotatable bonds is 6. The first kappa shape index (κ1) is 24.2. The average Bonchev–Trinajstić information content (AvgIpc) is 3.31. The van der Waals surface area contributed by atoms with Crippen molar-refractivity contribution in [3.8, 4) is 0 Å². The van der Waals surface area contributed by atoms with Crippen LogP contribution in [0.4, 0.5) is 10.7 Å². The van der Waals surface area contributed by atoms with Gasteiger partial charge in [-0.05, 0) is 43.9 Å². The highest BCUT2D eigenvalue weighted by molar-refractivity contribution is 5.80. The zero-order valence-electron chi connectivity index (χ0n) is 21.0. The van der Waals surface area contributed by atoms with E-state index in [0.29, 0.717) is 32.8 Å². The Morgan fingerprint density at radius 3 is 2.28 bits per heavy atom. The van der Waals surface area contributed by atoms with E-state index in [1.807, 2.05) is 24.0 Å². The first-order valence-electron chi connectivity index (χ1n) is 13.1. The van der Waals surface area contributed by atoms with Crippen molar-refractivity contribution < 1.29 is 14.3 Å². The summed E-state index contributed by atoms with van der Waals surface area (Å²) in [6.07, 6.45) is 2.30. The van der Waals surface area contributed by atoms with E-state index in [4.69, 9.17) is 9.72 Å². The summed E-state index contributed by atoms with van der Waals surface area (Å²) < 4.78 is 7.42. The number of amides is 2.